The third-order valence-corrected chi connectivity index (χ3v) is 4.57. The van der Waals surface area contributed by atoms with Gasteiger partial charge in [0.15, 0.2) is 5.41 Å². The van der Waals surface area contributed by atoms with Gasteiger partial charge in [-0.1, -0.05) is 25.5 Å². The summed E-state index contributed by atoms with van der Waals surface area (Å²) in [5, 5.41) is 0. The van der Waals surface area contributed by atoms with Crippen LogP contribution in [-0.2, 0) is 38.3 Å². The zero-order valence-electron chi connectivity index (χ0n) is 13.8. The number of methoxy groups -OCH3 is 2. The van der Waals surface area contributed by atoms with Gasteiger partial charge in [0, 0.05) is 6.42 Å². The zero-order chi connectivity index (χ0) is 16.3. The molecule has 1 aliphatic rings. The van der Waals surface area contributed by atoms with Crippen LogP contribution in [0.15, 0.2) is 12.1 Å². The Morgan fingerprint density at radius 2 is 1.77 bits per heavy atom. The van der Waals surface area contributed by atoms with Crippen molar-refractivity contribution >= 4 is 11.9 Å². The summed E-state index contributed by atoms with van der Waals surface area (Å²) in [5.74, 6) is -1.02. The molecule has 1 aromatic rings. The Labute approximate surface area is 131 Å². The van der Waals surface area contributed by atoms with Gasteiger partial charge in [-0.25, -0.2) is 0 Å². The lowest BCUT2D eigenvalue weighted by molar-refractivity contribution is -0.168. The van der Waals surface area contributed by atoms with Gasteiger partial charge in [0.25, 0.3) is 0 Å². The molecule has 4 nitrogen and oxygen atoms in total. The molecule has 0 amide bonds. The number of fused-ring (bicyclic) bond motifs is 1. The number of aryl methyl sites for hydroxylation is 2. The van der Waals surface area contributed by atoms with Crippen LogP contribution in [0.3, 0.4) is 0 Å². The standard InChI is InChI=1S/C18H24O4/c1-5-6-7-13-8-12(2)15-11-18(16(19)21-3,17(20)22-4)10-14(15)9-13/h8-9H,5-7,10-11H2,1-4H3. The first kappa shape index (κ1) is 16.5. The quantitative estimate of drug-likeness (QED) is 0.620. The van der Waals surface area contributed by atoms with E-state index in [1.54, 1.807) is 0 Å². The average molecular weight is 304 g/mol. The number of hydrogen-bond acceptors (Lipinski definition) is 4. The van der Waals surface area contributed by atoms with Gasteiger partial charge in [0.2, 0.25) is 0 Å². The summed E-state index contributed by atoms with van der Waals surface area (Å²) in [5.41, 5.74) is 3.33. The van der Waals surface area contributed by atoms with Crippen LogP contribution < -0.4 is 0 Å². The average Bonchev–Trinajstić information content (AvgIpc) is 2.92. The van der Waals surface area contributed by atoms with E-state index < -0.39 is 17.4 Å². The molecule has 120 valence electrons. The lowest BCUT2D eigenvalue weighted by atomic mass is 9.84. The highest BCUT2D eigenvalue weighted by Gasteiger charge is 2.52. The van der Waals surface area contributed by atoms with E-state index in [1.165, 1.54) is 19.8 Å². The Bertz CT molecular complexity index is 573. The zero-order valence-corrected chi connectivity index (χ0v) is 13.8. The summed E-state index contributed by atoms with van der Waals surface area (Å²) in [6.07, 6.45) is 4.03. The fourth-order valence-corrected chi connectivity index (χ4v) is 3.36. The molecule has 0 radical (unpaired) electrons. The van der Waals surface area contributed by atoms with Crippen LogP contribution >= 0.6 is 0 Å². The molecule has 4 heteroatoms. The minimum absolute atomic E-state index is 0.363. The molecule has 0 unspecified atom stereocenters. The van der Waals surface area contributed by atoms with Crippen LogP contribution in [0.25, 0.3) is 0 Å². The van der Waals surface area contributed by atoms with Crippen LogP contribution in [0.1, 0.15) is 42.0 Å². The molecular weight excluding hydrogens is 280 g/mol. The Morgan fingerprint density at radius 1 is 1.14 bits per heavy atom. The molecule has 0 bridgehead atoms. The monoisotopic (exact) mass is 304 g/mol. The summed E-state index contributed by atoms with van der Waals surface area (Å²) < 4.78 is 9.77. The predicted octanol–water partition coefficient (Wildman–Crippen LogP) is 2.77. The van der Waals surface area contributed by atoms with Crippen LogP contribution in [0.4, 0.5) is 0 Å². The van der Waals surface area contributed by atoms with Crippen molar-refractivity contribution in [2.24, 2.45) is 5.41 Å². The molecule has 0 aliphatic heterocycles. The maximum atomic E-state index is 12.3. The van der Waals surface area contributed by atoms with Gasteiger partial charge in [0.05, 0.1) is 14.2 Å². The SMILES string of the molecule is CCCCc1cc(C)c2c(c1)CC(C(=O)OC)(C(=O)OC)C2. The summed E-state index contributed by atoms with van der Waals surface area (Å²) in [6, 6.07) is 4.30. The first-order valence-corrected chi connectivity index (χ1v) is 7.76. The van der Waals surface area contributed by atoms with E-state index >= 15 is 0 Å². The predicted molar refractivity (Wildman–Crippen MR) is 83.7 cm³/mol. The lowest BCUT2D eigenvalue weighted by Gasteiger charge is -2.22. The maximum Gasteiger partial charge on any atom is 0.323 e. The highest BCUT2D eigenvalue weighted by Crippen LogP contribution is 2.41. The Morgan fingerprint density at radius 3 is 2.32 bits per heavy atom. The number of carbonyl (C=O) groups is 2. The van der Waals surface area contributed by atoms with Gasteiger partial charge in [-0.2, -0.15) is 0 Å². The fraction of sp³-hybridized carbons (Fsp3) is 0.556. The summed E-state index contributed by atoms with van der Waals surface area (Å²) in [4.78, 5) is 24.5. The minimum atomic E-state index is -1.22. The largest absolute Gasteiger partial charge is 0.468 e. The van der Waals surface area contributed by atoms with Gasteiger partial charge < -0.3 is 9.47 Å². The van der Waals surface area contributed by atoms with E-state index in [1.807, 2.05) is 6.92 Å². The lowest BCUT2D eigenvalue weighted by Crippen LogP contribution is -2.42. The second-order valence-corrected chi connectivity index (χ2v) is 6.07. The van der Waals surface area contributed by atoms with Crippen molar-refractivity contribution < 1.29 is 19.1 Å². The molecule has 0 heterocycles. The second-order valence-electron chi connectivity index (χ2n) is 6.07. The number of carbonyl (C=O) groups excluding carboxylic acids is 2. The smallest absolute Gasteiger partial charge is 0.323 e. The Hall–Kier alpha value is -1.84. The third kappa shape index (κ3) is 2.74. The van der Waals surface area contributed by atoms with Crippen LogP contribution in [0, 0.1) is 12.3 Å². The molecule has 22 heavy (non-hydrogen) atoms. The summed E-state index contributed by atoms with van der Waals surface area (Å²) >= 11 is 0. The van der Waals surface area contributed by atoms with Gasteiger partial charge in [-0.15, -0.1) is 0 Å². The Balaban J connectivity index is 2.40. The van der Waals surface area contributed by atoms with Crippen LogP contribution in [-0.4, -0.2) is 26.2 Å². The molecule has 1 aliphatic carbocycles. The molecule has 1 aromatic carbocycles. The molecule has 2 rings (SSSR count). The molecule has 0 aromatic heterocycles. The normalized spacial score (nSPS) is 15.3. The van der Waals surface area contributed by atoms with Crippen molar-refractivity contribution in [2.45, 2.75) is 46.0 Å². The number of rotatable bonds is 5. The van der Waals surface area contributed by atoms with Crippen LogP contribution in [0.2, 0.25) is 0 Å². The Kier molecular flexibility index (Phi) is 4.89. The fourth-order valence-electron chi connectivity index (χ4n) is 3.36. The van der Waals surface area contributed by atoms with E-state index in [4.69, 9.17) is 9.47 Å². The van der Waals surface area contributed by atoms with Crippen molar-refractivity contribution in [1.82, 2.24) is 0 Å². The van der Waals surface area contributed by atoms with Crippen molar-refractivity contribution in [3.8, 4) is 0 Å². The summed E-state index contributed by atoms with van der Waals surface area (Å²) in [7, 11) is 2.63. The van der Waals surface area contributed by atoms with Gasteiger partial charge in [-0.3, -0.25) is 9.59 Å². The molecule has 0 saturated heterocycles. The van der Waals surface area contributed by atoms with E-state index in [2.05, 4.69) is 19.1 Å². The van der Waals surface area contributed by atoms with Gasteiger partial charge in [-0.05, 0) is 48.4 Å². The van der Waals surface area contributed by atoms with Crippen LogP contribution in [0.5, 0.6) is 0 Å². The molecule has 0 spiro atoms. The van der Waals surface area contributed by atoms with Gasteiger partial charge >= 0.3 is 11.9 Å². The highest BCUT2D eigenvalue weighted by atomic mass is 16.5. The van der Waals surface area contributed by atoms with Crippen molar-refractivity contribution in [3.63, 3.8) is 0 Å². The minimum Gasteiger partial charge on any atom is -0.468 e. The first-order valence-electron chi connectivity index (χ1n) is 7.76. The molecule has 0 fully saturated rings. The van der Waals surface area contributed by atoms with E-state index in [9.17, 15) is 9.59 Å². The van der Waals surface area contributed by atoms with E-state index in [0.717, 1.165) is 36.0 Å². The second kappa shape index (κ2) is 6.51. The number of hydrogen-bond donors (Lipinski definition) is 0. The number of esters is 2. The number of ether oxygens (including phenoxy) is 2. The summed E-state index contributed by atoms with van der Waals surface area (Å²) in [6.45, 7) is 4.21. The molecule has 0 saturated carbocycles. The van der Waals surface area contributed by atoms with E-state index in [-0.39, 0.29) is 0 Å². The van der Waals surface area contributed by atoms with E-state index in [0.29, 0.717) is 12.8 Å². The van der Waals surface area contributed by atoms with Crippen molar-refractivity contribution in [2.75, 3.05) is 14.2 Å². The van der Waals surface area contributed by atoms with Crippen molar-refractivity contribution in [1.29, 1.82) is 0 Å². The third-order valence-electron chi connectivity index (χ3n) is 4.57. The topological polar surface area (TPSA) is 52.6 Å². The number of benzene rings is 1. The molecule has 0 N–H and O–H groups in total. The first-order chi connectivity index (χ1) is 10.5. The number of unbranched alkanes of at least 4 members (excludes halogenated alkanes) is 1. The maximum absolute atomic E-state index is 12.3. The molecule has 0 atom stereocenters. The van der Waals surface area contributed by atoms with Crippen molar-refractivity contribution in [3.05, 3.63) is 34.4 Å². The highest BCUT2D eigenvalue weighted by molar-refractivity contribution is 6.01. The van der Waals surface area contributed by atoms with Gasteiger partial charge in [0.1, 0.15) is 0 Å². The molecular formula is C18H24O4.